The Balaban J connectivity index is 1.33. The van der Waals surface area contributed by atoms with Gasteiger partial charge in [0.25, 0.3) is 0 Å². The van der Waals surface area contributed by atoms with Crippen LogP contribution in [-0.2, 0) is 31.0 Å². The smallest absolute Gasteiger partial charge is 0.227 e. The summed E-state index contributed by atoms with van der Waals surface area (Å²) >= 11 is 0. The van der Waals surface area contributed by atoms with Gasteiger partial charge in [0.05, 0.1) is 18.6 Å². The number of fused-ring (bicyclic) bond motifs is 1. The van der Waals surface area contributed by atoms with Crippen LogP contribution in [0, 0.1) is 0 Å². The van der Waals surface area contributed by atoms with Gasteiger partial charge in [-0.05, 0) is 5.56 Å². The molecular weight excluding hydrogens is 328 g/mol. The highest BCUT2D eigenvalue weighted by molar-refractivity contribution is 5.89. The molecule has 3 heterocycles. The molecule has 0 saturated carbocycles. The van der Waals surface area contributed by atoms with Gasteiger partial charge in [-0.25, -0.2) is 4.98 Å². The predicted molar refractivity (Wildman–Crippen MR) is 98.3 cm³/mol. The number of aryl methyl sites for hydroxylation is 1. The third-order valence-corrected chi connectivity index (χ3v) is 4.55. The van der Waals surface area contributed by atoms with Crippen LogP contribution in [0.5, 0.6) is 0 Å². The van der Waals surface area contributed by atoms with E-state index in [1.807, 2.05) is 27.6 Å². The monoisotopic (exact) mass is 350 g/mol. The summed E-state index contributed by atoms with van der Waals surface area (Å²) in [5.74, 6) is 0.604. The Morgan fingerprint density at radius 3 is 2.88 bits per heavy atom. The SMILES string of the molecule is O=C(CCn1ccnc1)Nc1cc2n(n1)CCN(Cc1ccccc1)C2. The van der Waals surface area contributed by atoms with Gasteiger partial charge in [0.15, 0.2) is 5.82 Å². The van der Waals surface area contributed by atoms with Crippen LogP contribution in [-0.4, -0.2) is 36.7 Å². The van der Waals surface area contributed by atoms with Crippen LogP contribution in [0.15, 0.2) is 55.1 Å². The zero-order valence-corrected chi connectivity index (χ0v) is 14.6. The van der Waals surface area contributed by atoms with E-state index < -0.39 is 0 Å². The van der Waals surface area contributed by atoms with Crippen molar-refractivity contribution in [3.05, 3.63) is 66.4 Å². The van der Waals surface area contributed by atoms with Crippen molar-refractivity contribution in [1.29, 1.82) is 0 Å². The average Bonchev–Trinajstić information content (AvgIpc) is 3.29. The third-order valence-electron chi connectivity index (χ3n) is 4.55. The van der Waals surface area contributed by atoms with Crippen molar-refractivity contribution in [2.24, 2.45) is 0 Å². The first-order valence-electron chi connectivity index (χ1n) is 8.85. The molecule has 1 amide bonds. The molecule has 0 radical (unpaired) electrons. The lowest BCUT2D eigenvalue weighted by Crippen LogP contribution is -2.33. The van der Waals surface area contributed by atoms with Gasteiger partial charge in [-0.15, -0.1) is 0 Å². The summed E-state index contributed by atoms with van der Waals surface area (Å²) in [6.07, 6.45) is 5.68. The zero-order chi connectivity index (χ0) is 17.8. The second-order valence-electron chi connectivity index (χ2n) is 6.54. The molecule has 1 aliphatic heterocycles. The highest BCUT2D eigenvalue weighted by atomic mass is 16.1. The zero-order valence-electron chi connectivity index (χ0n) is 14.6. The minimum absolute atomic E-state index is 0.0321. The number of rotatable bonds is 6. The van der Waals surface area contributed by atoms with Gasteiger partial charge in [0.1, 0.15) is 0 Å². The molecule has 0 bridgehead atoms. The highest BCUT2D eigenvalue weighted by Gasteiger charge is 2.19. The molecule has 4 rings (SSSR count). The first kappa shape index (κ1) is 16.5. The summed E-state index contributed by atoms with van der Waals surface area (Å²) in [4.78, 5) is 18.5. The number of anilines is 1. The van der Waals surface area contributed by atoms with Gasteiger partial charge in [0.2, 0.25) is 5.91 Å². The summed E-state index contributed by atoms with van der Waals surface area (Å²) in [5, 5.41) is 7.42. The van der Waals surface area contributed by atoms with Gasteiger partial charge in [-0.2, -0.15) is 5.10 Å². The van der Waals surface area contributed by atoms with Crippen LogP contribution in [0.2, 0.25) is 0 Å². The fourth-order valence-electron chi connectivity index (χ4n) is 3.21. The summed E-state index contributed by atoms with van der Waals surface area (Å²) in [7, 11) is 0. The molecule has 0 spiro atoms. The number of nitrogens with one attached hydrogen (secondary N) is 1. The van der Waals surface area contributed by atoms with E-state index in [2.05, 4.69) is 44.6 Å². The van der Waals surface area contributed by atoms with Crippen LogP contribution in [0.1, 0.15) is 17.7 Å². The molecular formula is C19H22N6O. The molecule has 1 aliphatic rings. The van der Waals surface area contributed by atoms with Crippen LogP contribution in [0.3, 0.4) is 0 Å². The Labute approximate surface area is 152 Å². The number of benzene rings is 1. The summed E-state index contributed by atoms with van der Waals surface area (Å²) in [6.45, 7) is 4.18. The topological polar surface area (TPSA) is 68.0 Å². The minimum Gasteiger partial charge on any atom is -0.337 e. The lowest BCUT2D eigenvalue weighted by atomic mass is 10.2. The van der Waals surface area contributed by atoms with Crippen molar-refractivity contribution in [2.45, 2.75) is 32.6 Å². The Bertz CT molecular complexity index is 856. The van der Waals surface area contributed by atoms with Crippen molar-refractivity contribution >= 4 is 11.7 Å². The highest BCUT2D eigenvalue weighted by Crippen LogP contribution is 2.18. The van der Waals surface area contributed by atoms with E-state index in [1.165, 1.54) is 5.56 Å². The van der Waals surface area contributed by atoms with E-state index in [0.717, 1.165) is 31.9 Å². The van der Waals surface area contributed by atoms with E-state index in [9.17, 15) is 4.79 Å². The van der Waals surface area contributed by atoms with E-state index in [-0.39, 0.29) is 5.91 Å². The Morgan fingerprint density at radius 2 is 2.08 bits per heavy atom. The largest absolute Gasteiger partial charge is 0.337 e. The van der Waals surface area contributed by atoms with Crippen molar-refractivity contribution < 1.29 is 4.79 Å². The fraction of sp³-hybridized carbons (Fsp3) is 0.316. The van der Waals surface area contributed by atoms with Crippen LogP contribution in [0.25, 0.3) is 0 Å². The van der Waals surface area contributed by atoms with Crippen LogP contribution >= 0.6 is 0 Å². The molecule has 7 heteroatoms. The first-order valence-corrected chi connectivity index (χ1v) is 8.85. The molecule has 134 valence electrons. The molecule has 3 aromatic rings. The van der Waals surface area contributed by atoms with E-state index >= 15 is 0 Å². The van der Waals surface area contributed by atoms with Gasteiger partial charge >= 0.3 is 0 Å². The van der Waals surface area contributed by atoms with E-state index in [1.54, 1.807) is 12.5 Å². The molecule has 1 N–H and O–H groups in total. The fourth-order valence-corrected chi connectivity index (χ4v) is 3.21. The molecule has 0 atom stereocenters. The van der Waals surface area contributed by atoms with Crippen LogP contribution in [0.4, 0.5) is 5.82 Å². The summed E-state index contributed by atoms with van der Waals surface area (Å²) in [5.41, 5.74) is 2.45. The normalized spacial score (nSPS) is 14.2. The van der Waals surface area contributed by atoms with E-state index in [0.29, 0.717) is 18.8 Å². The van der Waals surface area contributed by atoms with Crippen LogP contribution < -0.4 is 5.32 Å². The Hall–Kier alpha value is -2.93. The maximum Gasteiger partial charge on any atom is 0.227 e. The standard InChI is InChI=1S/C19H22N6O/c26-19(6-8-23-9-7-20-15-23)21-18-12-17-14-24(10-11-25(17)22-18)13-16-4-2-1-3-5-16/h1-5,7,9,12,15H,6,8,10-11,13-14H2,(H,21,22,26). The minimum atomic E-state index is -0.0321. The number of carbonyl (C=O) groups excluding carboxylic acids is 1. The third kappa shape index (κ3) is 4.00. The molecule has 7 nitrogen and oxygen atoms in total. The summed E-state index contributed by atoms with van der Waals surface area (Å²) in [6, 6.07) is 12.5. The molecule has 0 unspecified atom stereocenters. The van der Waals surface area contributed by atoms with E-state index in [4.69, 9.17) is 0 Å². The van der Waals surface area contributed by atoms with Crippen molar-refractivity contribution in [2.75, 3.05) is 11.9 Å². The molecule has 0 saturated heterocycles. The lowest BCUT2D eigenvalue weighted by molar-refractivity contribution is -0.116. The second-order valence-corrected chi connectivity index (χ2v) is 6.54. The molecule has 1 aromatic carbocycles. The number of carbonyl (C=O) groups is 1. The van der Waals surface area contributed by atoms with Gasteiger partial charge in [0, 0.05) is 51.1 Å². The predicted octanol–water partition coefficient (Wildman–Crippen LogP) is 2.12. The van der Waals surface area contributed by atoms with Crippen molar-refractivity contribution in [3.8, 4) is 0 Å². The average molecular weight is 350 g/mol. The summed E-state index contributed by atoms with van der Waals surface area (Å²) < 4.78 is 3.88. The van der Waals surface area contributed by atoms with Gasteiger partial charge < -0.3 is 9.88 Å². The van der Waals surface area contributed by atoms with Crippen molar-refractivity contribution in [1.82, 2.24) is 24.2 Å². The number of amides is 1. The second kappa shape index (κ2) is 7.53. The number of nitrogens with zero attached hydrogens (tertiary/aromatic N) is 5. The van der Waals surface area contributed by atoms with Gasteiger partial charge in [-0.3, -0.25) is 14.4 Å². The number of hydrogen-bond donors (Lipinski definition) is 1. The Morgan fingerprint density at radius 1 is 1.19 bits per heavy atom. The van der Waals surface area contributed by atoms with Crippen molar-refractivity contribution in [3.63, 3.8) is 0 Å². The molecule has 0 aliphatic carbocycles. The maximum absolute atomic E-state index is 12.1. The number of hydrogen-bond acceptors (Lipinski definition) is 4. The molecule has 26 heavy (non-hydrogen) atoms. The maximum atomic E-state index is 12.1. The first-order chi connectivity index (χ1) is 12.8. The molecule has 0 fully saturated rings. The lowest BCUT2D eigenvalue weighted by Gasteiger charge is -2.27. The quantitative estimate of drug-likeness (QED) is 0.739. The number of imidazole rings is 1. The van der Waals surface area contributed by atoms with Gasteiger partial charge in [-0.1, -0.05) is 30.3 Å². The Kier molecular flexibility index (Phi) is 4.79. The molecule has 2 aromatic heterocycles. The number of aromatic nitrogens is 4.